The third kappa shape index (κ3) is 5.91. The van der Waals surface area contributed by atoms with Gasteiger partial charge in [0.1, 0.15) is 0 Å². The molecule has 0 bridgehead atoms. The van der Waals surface area contributed by atoms with Gasteiger partial charge in [0.15, 0.2) is 5.11 Å². The van der Waals surface area contributed by atoms with Crippen molar-refractivity contribution in [1.82, 2.24) is 10.6 Å². The Morgan fingerprint density at radius 3 is 2.42 bits per heavy atom. The van der Waals surface area contributed by atoms with Gasteiger partial charge in [-0.05, 0) is 64.5 Å². The van der Waals surface area contributed by atoms with Gasteiger partial charge in [-0.15, -0.1) is 0 Å². The minimum atomic E-state index is -0.316. The Bertz CT molecular complexity index is 797. The van der Waals surface area contributed by atoms with Crippen LogP contribution in [0.2, 0.25) is 0 Å². The smallest absolute Gasteiger partial charge is 0.258 e. The number of hydrogen-bond acceptors (Lipinski definition) is 4. The number of nitrogens with one attached hydrogen (secondary N) is 3. The predicted molar refractivity (Wildman–Crippen MR) is 108 cm³/mol. The Labute approximate surface area is 165 Å². The van der Waals surface area contributed by atoms with Crippen molar-refractivity contribution in [3.63, 3.8) is 0 Å². The van der Waals surface area contributed by atoms with E-state index < -0.39 is 0 Å². The van der Waals surface area contributed by atoms with Crippen LogP contribution in [0.15, 0.2) is 53.0 Å². The maximum atomic E-state index is 12.2. The van der Waals surface area contributed by atoms with E-state index in [2.05, 4.69) is 31.9 Å². The number of methoxy groups -OCH3 is 1. The molecule has 136 valence electrons. The molecule has 8 heteroatoms. The van der Waals surface area contributed by atoms with Crippen LogP contribution in [0.4, 0.5) is 5.69 Å². The van der Waals surface area contributed by atoms with Crippen LogP contribution in [0, 0.1) is 0 Å². The van der Waals surface area contributed by atoms with Crippen LogP contribution >= 0.6 is 28.1 Å². The zero-order chi connectivity index (χ0) is 18.9. The molecule has 0 aliphatic rings. The summed E-state index contributed by atoms with van der Waals surface area (Å²) < 4.78 is 5.57. The molecule has 0 aliphatic heterocycles. The van der Waals surface area contributed by atoms with Crippen LogP contribution in [-0.2, 0) is 4.74 Å². The molecule has 0 saturated carbocycles. The van der Waals surface area contributed by atoms with E-state index in [0.717, 1.165) is 0 Å². The number of anilines is 1. The molecule has 0 aliphatic carbocycles. The number of benzene rings is 2. The molecule has 2 amide bonds. The third-order valence-electron chi connectivity index (χ3n) is 3.34. The molecule has 2 aromatic carbocycles. The summed E-state index contributed by atoms with van der Waals surface area (Å²) >= 11 is 8.49. The molecular weight excluding hydrogens is 418 g/mol. The van der Waals surface area contributed by atoms with Crippen LogP contribution in [0.3, 0.4) is 0 Å². The summed E-state index contributed by atoms with van der Waals surface area (Å²) in [6, 6.07) is 13.8. The van der Waals surface area contributed by atoms with Gasteiger partial charge in [-0.2, -0.15) is 0 Å². The van der Waals surface area contributed by atoms with Crippen molar-refractivity contribution in [2.45, 2.75) is 0 Å². The fourth-order valence-corrected chi connectivity index (χ4v) is 2.73. The topological polar surface area (TPSA) is 79.5 Å². The van der Waals surface area contributed by atoms with Crippen molar-refractivity contribution in [3.05, 3.63) is 64.1 Å². The lowest BCUT2D eigenvalue weighted by Gasteiger charge is -2.11. The maximum absolute atomic E-state index is 12.2. The molecule has 6 nitrogen and oxygen atoms in total. The van der Waals surface area contributed by atoms with Gasteiger partial charge in [0.25, 0.3) is 11.8 Å². The minimum absolute atomic E-state index is 0.169. The zero-order valence-corrected chi connectivity index (χ0v) is 16.4. The Balaban J connectivity index is 1.90. The Kier molecular flexibility index (Phi) is 7.71. The highest BCUT2D eigenvalue weighted by Crippen LogP contribution is 2.15. The molecule has 3 N–H and O–H groups in total. The SMILES string of the molecule is COCCNC(=O)c1ccc(NC(=S)NC(=O)c2ccccc2Br)cc1. The molecule has 0 fully saturated rings. The van der Waals surface area contributed by atoms with Gasteiger partial charge in [0.2, 0.25) is 0 Å². The van der Waals surface area contributed by atoms with Crippen molar-refractivity contribution in [3.8, 4) is 0 Å². The van der Waals surface area contributed by atoms with Crippen molar-refractivity contribution in [2.75, 3.05) is 25.6 Å². The summed E-state index contributed by atoms with van der Waals surface area (Å²) in [6.07, 6.45) is 0. The largest absolute Gasteiger partial charge is 0.383 e. The van der Waals surface area contributed by atoms with Crippen molar-refractivity contribution in [2.24, 2.45) is 0 Å². The first-order valence-electron chi connectivity index (χ1n) is 7.75. The fourth-order valence-electron chi connectivity index (χ4n) is 2.05. The second-order valence-electron chi connectivity index (χ2n) is 5.21. The number of amides is 2. The van der Waals surface area contributed by atoms with Crippen LogP contribution in [0.5, 0.6) is 0 Å². The number of carbonyl (C=O) groups excluding carboxylic acids is 2. The molecule has 0 saturated heterocycles. The number of rotatable bonds is 6. The highest BCUT2D eigenvalue weighted by atomic mass is 79.9. The predicted octanol–water partition coefficient (Wildman–Crippen LogP) is 2.95. The number of halogens is 1. The van der Waals surface area contributed by atoms with Gasteiger partial charge < -0.3 is 15.4 Å². The molecule has 0 aromatic heterocycles. The second-order valence-corrected chi connectivity index (χ2v) is 6.48. The summed E-state index contributed by atoms with van der Waals surface area (Å²) in [4.78, 5) is 24.1. The summed E-state index contributed by atoms with van der Waals surface area (Å²) in [5.41, 5.74) is 1.67. The highest BCUT2D eigenvalue weighted by molar-refractivity contribution is 9.10. The third-order valence-corrected chi connectivity index (χ3v) is 4.24. The van der Waals surface area contributed by atoms with E-state index in [-0.39, 0.29) is 16.9 Å². The first kappa shape index (κ1) is 20.0. The van der Waals surface area contributed by atoms with E-state index in [4.69, 9.17) is 17.0 Å². The minimum Gasteiger partial charge on any atom is -0.383 e. The Morgan fingerprint density at radius 1 is 1.08 bits per heavy atom. The Hall–Kier alpha value is -2.29. The van der Waals surface area contributed by atoms with E-state index in [0.29, 0.717) is 34.4 Å². The molecule has 0 radical (unpaired) electrons. The monoisotopic (exact) mass is 435 g/mol. The van der Waals surface area contributed by atoms with E-state index >= 15 is 0 Å². The fraction of sp³-hybridized carbons (Fsp3) is 0.167. The van der Waals surface area contributed by atoms with Gasteiger partial charge in [0.05, 0.1) is 12.2 Å². The van der Waals surface area contributed by atoms with Gasteiger partial charge in [-0.3, -0.25) is 14.9 Å². The van der Waals surface area contributed by atoms with Crippen molar-refractivity contribution < 1.29 is 14.3 Å². The summed E-state index contributed by atoms with van der Waals surface area (Å²) in [5, 5.41) is 8.44. The Morgan fingerprint density at radius 2 is 1.77 bits per heavy atom. The van der Waals surface area contributed by atoms with Gasteiger partial charge in [-0.25, -0.2) is 0 Å². The molecule has 2 rings (SSSR count). The molecule has 0 atom stereocenters. The lowest BCUT2D eigenvalue weighted by Crippen LogP contribution is -2.34. The first-order chi connectivity index (χ1) is 12.5. The van der Waals surface area contributed by atoms with Gasteiger partial charge >= 0.3 is 0 Å². The molecule has 26 heavy (non-hydrogen) atoms. The quantitative estimate of drug-likeness (QED) is 0.480. The van der Waals surface area contributed by atoms with Crippen LogP contribution in [-0.4, -0.2) is 37.2 Å². The van der Waals surface area contributed by atoms with E-state index in [9.17, 15) is 9.59 Å². The van der Waals surface area contributed by atoms with Gasteiger partial charge in [0, 0.05) is 29.4 Å². The second kappa shape index (κ2) is 10.0. The van der Waals surface area contributed by atoms with Crippen LogP contribution in [0.1, 0.15) is 20.7 Å². The van der Waals surface area contributed by atoms with E-state index in [1.165, 1.54) is 0 Å². The molecule has 2 aromatic rings. The summed E-state index contributed by atoms with van der Waals surface area (Å²) in [7, 11) is 1.57. The summed E-state index contributed by atoms with van der Waals surface area (Å²) in [5.74, 6) is -0.498. The zero-order valence-electron chi connectivity index (χ0n) is 14.0. The average Bonchev–Trinajstić information content (AvgIpc) is 2.62. The van der Waals surface area contributed by atoms with Gasteiger partial charge in [-0.1, -0.05) is 12.1 Å². The number of hydrogen-bond donors (Lipinski definition) is 3. The molecule has 0 unspecified atom stereocenters. The highest BCUT2D eigenvalue weighted by Gasteiger charge is 2.11. The number of thiocarbonyl (C=S) groups is 1. The lowest BCUT2D eigenvalue weighted by atomic mass is 10.2. The molecule has 0 heterocycles. The maximum Gasteiger partial charge on any atom is 0.258 e. The average molecular weight is 436 g/mol. The molecular formula is C18H18BrN3O3S. The normalized spacial score (nSPS) is 10.1. The van der Waals surface area contributed by atoms with Crippen LogP contribution < -0.4 is 16.0 Å². The van der Waals surface area contributed by atoms with Crippen molar-refractivity contribution >= 4 is 50.8 Å². The summed E-state index contributed by atoms with van der Waals surface area (Å²) in [6.45, 7) is 0.900. The van der Waals surface area contributed by atoms with Crippen LogP contribution in [0.25, 0.3) is 0 Å². The van der Waals surface area contributed by atoms with E-state index in [1.54, 1.807) is 49.6 Å². The van der Waals surface area contributed by atoms with E-state index in [1.807, 2.05) is 6.07 Å². The van der Waals surface area contributed by atoms with Crippen molar-refractivity contribution in [1.29, 1.82) is 0 Å². The number of ether oxygens (including phenoxy) is 1. The lowest BCUT2D eigenvalue weighted by molar-refractivity contribution is 0.0935. The standard InChI is InChI=1S/C18H18BrN3O3S/c1-25-11-10-20-16(23)12-6-8-13(9-7-12)21-18(26)22-17(24)14-4-2-3-5-15(14)19/h2-9H,10-11H2,1H3,(H,20,23)(H2,21,22,24,26). The molecule has 0 spiro atoms. The number of carbonyl (C=O) groups is 2. The first-order valence-corrected chi connectivity index (χ1v) is 8.95.